The highest BCUT2D eigenvalue weighted by molar-refractivity contribution is 5.92. The number of anilines is 1. The molecule has 0 heterocycles. The van der Waals surface area contributed by atoms with Gasteiger partial charge in [0.25, 0.3) is 0 Å². The number of methoxy groups -OCH3 is 2. The van der Waals surface area contributed by atoms with E-state index in [1.807, 2.05) is 12.1 Å². The molecule has 1 aromatic carbocycles. The fourth-order valence-electron chi connectivity index (χ4n) is 1.22. The van der Waals surface area contributed by atoms with Gasteiger partial charge in [-0.3, -0.25) is 4.79 Å². The van der Waals surface area contributed by atoms with Crippen LogP contribution in [0.25, 0.3) is 0 Å². The van der Waals surface area contributed by atoms with Crippen LogP contribution in [0, 0.1) is 0 Å². The Kier molecular flexibility index (Phi) is 4.57. The average Bonchev–Trinajstić information content (AvgIpc) is 2.35. The number of Topliss-reactive ketones (excluding diaryl/α,β-unsaturated/α-hetero) is 1. The molecule has 0 radical (unpaired) electrons. The molecule has 0 fully saturated rings. The van der Waals surface area contributed by atoms with Gasteiger partial charge in [0.1, 0.15) is 0 Å². The predicted molar refractivity (Wildman–Crippen MR) is 67.6 cm³/mol. The van der Waals surface area contributed by atoms with E-state index < -0.39 is 0 Å². The maximum atomic E-state index is 11.0. The van der Waals surface area contributed by atoms with Gasteiger partial charge in [0.05, 0.1) is 14.2 Å². The summed E-state index contributed by atoms with van der Waals surface area (Å²) in [5.41, 5.74) is 1.50. The third-order valence-corrected chi connectivity index (χ3v) is 2.39. The number of hydrogen-bond acceptors (Lipinski definition) is 4. The number of carbonyl (C=O) groups excluding carboxylic acids is 1. The van der Waals surface area contributed by atoms with Crippen LogP contribution in [0.3, 0.4) is 0 Å². The van der Waals surface area contributed by atoms with E-state index >= 15 is 0 Å². The van der Waals surface area contributed by atoms with E-state index in [9.17, 15) is 4.79 Å². The third-order valence-electron chi connectivity index (χ3n) is 2.39. The van der Waals surface area contributed by atoms with E-state index in [2.05, 4.69) is 5.32 Å². The summed E-state index contributed by atoms with van der Waals surface area (Å²) >= 11 is 0. The lowest BCUT2D eigenvalue weighted by Crippen LogP contribution is -1.97. The quantitative estimate of drug-likeness (QED) is 0.797. The number of allylic oxidation sites excluding steroid dienone is 1. The third kappa shape index (κ3) is 3.52. The Balaban J connectivity index is 2.86. The van der Waals surface area contributed by atoms with Gasteiger partial charge in [-0.25, -0.2) is 0 Å². The SMILES string of the molecule is COc1ccc(N/C=C(\C)C(C)=O)cc1OC. The van der Waals surface area contributed by atoms with Crippen molar-refractivity contribution in [3.05, 3.63) is 30.0 Å². The molecule has 0 unspecified atom stereocenters. The zero-order chi connectivity index (χ0) is 12.8. The van der Waals surface area contributed by atoms with Crippen molar-refractivity contribution in [3.63, 3.8) is 0 Å². The van der Waals surface area contributed by atoms with Gasteiger partial charge in [0, 0.05) is 23.5 Å². The Labute approximate surface area is 101 Å². The van der Waals surface area contributed by atoms with Crippen molar-refractivity contribution in [2.75, 3.05) is 19.5 Å². The summed E-state index contributed by atoms with van der Waals surface area (Å²) in [5.74, 6) is 1.36. The number of carbonyl (C=O) groups is 1. The van der Waals surface area contributed by atoms with Gasteiger partial charge in [-0.15, -0.1) is 0 Å². The Morgan fingerprint density at radius 1 is 1.18 bits per heavy atom. The fourth-order valence-corrected chi connectivity index (χ4v) is 1.22. The first kappa shape index (κ1) is 13.1. The molecule has 17 heavy (non-hydrogen) atoms. The highest BCUT2D eigenvalue weighted by atomic mass is 16.5. The molecule has 0 spiro atoms. The van der Waals surface area contributed by atoms with E-state index in [1.165, 1.54) is 6.92 Å². The van der Waals surface area contributed by atoms with Crippen LogP contribution in [0.5, 0.6) is 11.5 Å². The highest BCUT2D eigenvalue weighted by Gasteiger charge is 2.03. The molecule has 0 saturated carbocycles. The minimum Gasteiger partial charge on any atom is -0.493 e. The lowest BCUT2D eigenvalue weighted by atomic mass is 10.2. The molecule has 4 nitrogen and oxygen atoms in total. The average molecular weight is 235 g/mol. The summed E-state index contributed by atoms with van der Waals surface area (Å²) in [7, 11) is 3.17. The second-order valence-electron chi connectivity index (χ2n) is 3.60. The molecule has 0 bridgehead atoms. The summed E-state index contributed by atoms with van der Waals surface area (Å²) in [6, 6.07) is 5.46. The molecule has 4 heteroatoms. The summed E-state index contributed by atoms with van der Waals surface area (Å²) < 4.78 is 10.3. The van der Waals surface area contributed by atoms with Crippen molar-refractivity contribution in [1.82, 2.24) is 0 Å². The smallest absolute Gasteiger partial charge is 0.162 e. The molecule has 0 aliphatic carbocycles. The Morgan fingerprint density at radius 2 is 1.82 bits per heavy atom. The fraction of sp³-hybridized carbons (Fsp3) is 0.308. The lowest BCUT2D eigenvalue weighted by molar-refractivity contribution is -0.113. The molecule has 1 rings (SSSR count). The molecule has 0 amide bonds. The summed E-state index contributed by atoms with van der Waals surface area (Å²) in [6.45, 7) is 3.29. The molecular weight excluding hydrogens is 218 g/mol. The first-order valence-electron chi connectivity index (χ1n) is 5.24. The number of nitrogens with one attached hydrogen (secondary N) is 1. The number of benzene rings is 1. The summed E-state index contributed by atoms with van der Waals surface area (Å²) in [6.07, 6.45) is 1.67. The second-order valence-corrected chi connectivity index (χ2v) is 3.60. The Hall–Kier alpha value is -1.97. The Bertz CT molecular complexity index is 438. The predicted octanol–water partition coefficient (Wildman–Crippen LogP) is 2.61. The molecule has 1 aromatic rings. The van der Waals surface area contributed by atoms with Gasteiger partial charge in [0.15, 0.2) is 17.3 Å². The maximum absolute atomic E-state index is 11.0. The number of hydrogen-bond donors (Lipinski definition) is 1. The monoisotopic (exact) mass is 235 g/mol. The van der Waals surface area contributed by atoms with Crippen molar-refractivity contribution in [2.24, 2.45) is 0 Å². The highest BCUT2D eigenvalue weighted by Crippen LogP contribution is 2.29. The zero-order valence-corrected chi connectivity index (χ0v) is 10.5. The topological polar surface area (TPSA) is 47.6 Å². The van der Waals surface area contributed by atoms with E-state index in [4.69, 9.17) is 9.47 Å². The van der Waals surface area contributed by atoms with Crippen molar-refractivity contribution in [1.29, 1.82) is 0 Å². The molecule has 1 N–H and O–H groups in total. The van der Waals surface area contributed by atoms with Crippen LogP contribution in [0.2, 0.25) is 0 Å². The zero-order valence-electron chi connectivity index (χ0n) is 10.5. The van der Waals surface area contributed by atoms with Crippen LogP contribution in [-0.4, -0.2) is 20.0 Å². The minimum absolute atomic E-state index is 0.0398. The lowest BCUT2D eigenvalue weighted by Gasteiger charge is -2.09. The Morgan fingerprint density at radius 3 is 2.35 bits per heavy atom. The normalized spacial score (nSPS) is 10.9. The van der Waals surface area contributed by atoms with E-state index in [0.29, 0.717) is 17.1 Å². The first-order valence-corrected chi connectivity index (χ1v) is 5.24. The van der Waals surface area contributed by atoms with Gasteiger partial charge in [-0.05, 0) is 26.0 Å². The first-order chi connectivity index (χ1) is 8.08. The van der Waals surface area contributed by atoms with Gasteiger partial charge < -0.3 is 14.8 Å². The van der Waals surface area contributed by atoms with Crippen LogP contribution >= 0.6 is 0 Å². The molecule has 92 valence electrons. The standard InChI is InChI=1S/C13H17NO3/c1-9(10(2)15)8-14-11-5-6-12(16-3)13(7-11)17-4/h5-8,14H,1-4H3/b9-8+. The van der Waals surface area contributed by atoms with Gasteiger partial charge in [-0.2, -0.15) is 0 Å². The molecular formula is C13H17NO3. The minimum atomic E-state index is 0.0398. The number of rotatable bonds is 5. The van der Waals surface area contributed by atoms with Crippen molar-refractivity contribution < 1.29 is 14.3 Å². The van der Waals surface area contributed by atoms with Crippen LogP contribution in [0.4, 0.5) is 5.69 Å². The molecule has 0 atom stereocenters. The summed E-state index contributed by atoms with van der Waals surface area (Å²) in [4.78, 5) is 11.0. The van der Waals surface area contributed by atoms with E-state index in [-0.39, 0.29) is 5.78 Å². The molecule has 0 aromatic heterocycles. The second kappa shape index (κ2) is 5.94. The van der Waals surface area contributed by atoms with Gasteiger partial charge in [-0.1, -0.05) is 0 Å². The van der Waals surface area contributed by atoms with Crippen LogP contribution in [-0.2, 0) is 4.79 Å². The van der Waals surface area contributed by atoms with Crippen LogP contribution in [0.15, 0.2) is 30.0 Å². The van der Waals surface area contributed by atoms with Gasteiger partial charge >= 0.3 is 0 Å². The van der Waals surface area contributed by atoms with Crippen molar-refractivity contribution in [2.45, 2.75) is 13.8 Å². The van der Waals surface area contributed by atoms with E-state index in [1.54, 1.807) is 33.4 Å². The molecule has 0 saturated heterocycles. The maximum Gasteiger partial charge on any atom is 0.162 e. The van der Waals surface area contributed by atoms with E-state index in [0.717, 1.165) is 5.69 Å². The number of ketones is 1. The molecule has 0 aliphatic rings. The van der Waals surface area contributed by atoms with Gasteiger partial charge in [0.2, 0.25) is 0 Å². The summed E-state index contributed by atoms with van der Waals surface area (Å²) in [5, 5.41) is 3.03. The van der Waals surface area contributed by atoms with Crippen LogP contribution < -0.4 is 14.8 Å². The number of ether oxygens (including phenoxy) is 2. The van der Waals surface area contributed by atoms with Crippen LogP contribution in [0.1, 0.15) is 13.8 Å². The molecule has 0 aliphatic heterocycles. The largest absolute Gasteiger partial charge is 0.493 e. The van der Waals surface area contributed by atoms with Crippen molar-refractivity contribution in [3.8, 4) is 11.5 Å². The van der Waals surface area contributed by atoms with Crippen molar-refractivity contribution >= 4 is 11.5 Å².